The van der Waals surface area contributed by atoms with Crippen molar-refractivity contribution in [3.63, 3.8) is 0 Å². The number of carbonyl (C=O) groups is 3. The fraction of sp³-hybridized carbons (Fsp3) is 0.690. The molecule has 3 fully saturated rings. The molecule has 7 heteroatoms. The molecule has 2 aliphatic carbocycles. The van der Waals surface area contributed by atoms with Gasteiger partial charge < -0.3 is 18.9 Å². The Balaban J connectivity index is 1.79. The first kappa shape index (κ1) is 26.6. The zero-order chi connectivity index (χ0) is 26.5. The predicted molar refractivity (Wildman–Crippen MR) is 133 cm³/mol. The smallest absolute Gasteiger partial charge is 0.338 e. The summed E-state index contributed by atoms with van der Waals surface area (Å²) in [7, 11) is 0. The van der Waals surface area contributed by atoms with Gasteiger partial charge in [0, 0.05) is 6.92 Å². The number of carbonyl (C=O) groups excluding carboxylic acids is 3. The van der Waals surface area contributed by atoms with Gasteiger partial charge in [0.05, 0.1) is 28.1 Å². The van der Waals surface area contributed by atoms with E-state index in [2.05, 4.69) is 20.8 Å². The topological polar surface area (TPSA) is 88.1 Å². The van der Waals surface area contributed by atoms with Crippen LogP contribution in [-0.2, 0) is 28.5 Å². The number of ether oxygens (including phenoxy) is 4. The number of hydrogen-bond donors (Lipinski definition) is 0. The Labute approximate surface area is 214 Å². The molecule has 198 valence electrons. The van der Waals surface area contributed by atoms with Gasteiger partial charge in [-0.2, -0.15) is 0 Å². The number of rotatable bonds is 6. The van der Waals surface area contributed by atoms with E-state index in [4.69, 9.17) is 18.9 Å². The van der Waals surface area contributed by atoms with Crippen LogP contribution in [-0.4, -0.2) is 47.4 Å². The molecule has 1 aromatic carbocycles. The van der Waals surface area contributed by atoms with Crippen molar-refractivity contribution >= 4 is 17.9 Å². The molecule has 4 rings (SSSR count). The van der Waals surface area contributed by atoms with Crippen LogP contribution in [0.15, 0.2) is 30.3 Å². The van der Waals surface area contributed by atoms with Crippen LogP contribution in [0, 0.1) is 23.2 Å². The second-order valence-corrected chi connectivity index (χ2v) is 11.7. The van der Waals surface area contributed by atoms with Gasteiger partial charge >= 0.3 is 17.9 Å². The van der Waals surface area contributed by atoms with Crippen LogP contribution in [0.5, 0.6) is 0 Å². The summed E-state index contributed by atoms with van der Waals surface area (Å²) in [6.07, 6.45) is 0.406. The molecule has 1 unspecified atom stereocenters. The zero-order valence-electron chi connectivity index (χ0n) is 22.5. The van der Waals surface area contributed by atoms with Crippen LogP contribution in [0.3, 0.4) is 0 Å². The van der Waals surface area contributed by atoms with Crippen molar-refractivity contribution in [2.24, 2.45) is 23.2 Å². The summed E-state index contributed by atoms with van der Waals surface area (Å²) in [6, 6.07) is 8.89. The molecular weight excluding hydrogens is 460 g/mol. The van der Waals surface area contributed by atoms with Crippen molar-refractivity contribution in [3.05, 3.63) is 35.9 Å². The molecule has 0 amide bonds. The highest BCUT2D eigenvalue weighted by Gasteiger charge is 2.75. The number of esters is 3. The largest absolute Gasteiger partial charge is 0.458 e. The van der Waals surface area contributed by atoms with Crippen LogP contribution in [0.4, 0.5) is 0 Å². The minimum atomic E-state index is -0.925. The summed E-state index contributed by atoms with van der Waals surface area (Å²) in [5.74, 6) is -1.34. The van der Waals surface area contributed by atoms with E-state index < -0.39 is 46.9 Å². The quantitative estimate of drug-likeness (QED) is 0.396. The lowest BCUT2D eigenvalue weighted by Gasteiger charge is -2.61. The molecule has 36 heavy (non-hydrogen) atoms. The normalized spacial score (nSPS) is 37.4. The van der Waals surface area contributed by atoms with Crippen molar-refractivity contribution < 1.29 is 33.3 Å². The first-order chi connectivity index (χ1) is 16.9. The molecule has 0 radical (unpaired) electrons. The lowest BCUT2D eigenvalue weighted by Crippen LogP contribution is -2.71. The molecule has 1 aromatic rings. The first-order valence-electron chi connectivity index (χ1n) is 13.2. The van der Waals surface area contributed by atoms with E-state index in [0.717, 1.165) is 6.42 Å². The maximum absolute atomic E-state index is 13.3. The van der Waals surface area contributed by atoms with E-state index in [1.165, 1.54) is 6.92 Å². The van der Waals surface area contributed by atoms with E-state index in [1.54, 1.807) is 24.3 Å². The summed E-state index contributed by atoms with van der Waals surface area (Å²) in [5.41, 5.74) is -1.61. The molecule has 1 spiro atoms. The molecular formula is C29H40O7. The Morgan fingerprint density at radius 3 is 2.33 bits per heavy atom. The average Bonchev–Trinajstić information content (AvgIpc) is 3.07. The van der Waals surface area contributed by atoms with E-state index in [-0.39, 0.29) is 23.7 Å². The maximum Gasteiger partial charge on any atom is 0.338 e. The zero-order valence-corrected chi connectivity index (χ0v) is 22.5. The molecule has 7 nitrogen and oxygen atoms in total. The second-order valence-electron chi connectivity index (χ2n) is 11.7. The Hall–Kier alpha value is -2.41. The van der Waals surface area contributed by atoms with Gasteiger partial charge in [-0.05, 0) is 70.4 Å². The summed E-state index contributed by atoms with van der Waals surface area (Å²) in [6.45, 7) is 13.4. The van der Waals surface area contributed by atoms with Crippen LogP contribution in [0.25, 0.3) is 0 Å². The maximum atomic E-state index is 13.3. The van der Waals surface area contributed by atoms with Crippen molar-refractivity contribution in [3.8, 4) is 0 Å². The highest BCUT2D eigenvalue weighted by Crippen LogP contribution is 2.67. The SMILES string of the molecule is CCC(C)C(=O)O[C@H]1C[C@@H](C)[C@@]23C[C@@H](C[C@H](OC(=O)c4ccccc4)[C@]2(C)[C@H]1OC(C)=O)C(C)(C)O3. The molecule has 3 aliphatic rings. The third-order valence-electron chi connectivity index (χ3n) is 9.20. The number of hydrogen-bond acceptors (Lipinski definition) is 7. The summed E-state index contributed by atoms with van der Waals surface area (Å²) in [5, 5.41) is 0. The van der Waals surface area contributed by atoms with Crippen LogP contribution < -0.4 is 0 Å². The molecule has 1 saturated heterocycles. The van der Waals surface area contributed by atoms with Crippen molar-refractivity contribution in [1.29, 1.82) is 0 Å². The molecule has 0 aromatic heterocycles. The van der Waals surface area contributed by atoms with Gasteiger partial charge in [-0.25, -0.2) is 4.79 Å². The lowest BCUT2D eigenvalue weighted by atomic mass is 9.49. The van der Waals surface area contributed by atoms with Gasteiger partial charge in [-0.3, -0.25) is 9.59 Å². The van der Waals surface area contributed by atoms with Gasteiger partial charge in [0.2, 0.25) is 0 Å². The molecule has 2 saturated carbocycles. The predicted octanol–water partition coefficient (Wildman–Crippen LogP) is 5.11. The summed E-state index contributed by atoms with van der Waals surface area (Å²) < 4.78 is 25.2. The Morgan fingerprint density at radius 1 is 1.06 bits per heavy atom. The van der Waals surface area contributed by atoms with Crippen LogP contribution in [0.2, 0.25) is 0 Å². The monoisotopic (exact) mass is 500 g/mol. The van der Waals surface area contributed by atoms with Gasteiger partial charge in [0.15, 0.2) is 6.10 Å². The van der Waals surface area contributed by atoms with E-state index in [1.807, 2.05) is 26.8 Å². The fourth-order valence-corrected chi connectivity index (χ4v) is 6.85. The number of fused-ring (bicyclic) bond motifs is 1. The third-order valence-corrected chi connectivity index (χ3v) is 9.20. The molecule has 1 heterocycles. The van der Waals surface area contributed by atoms with Crippen molar-refractivity contribution in [2.45, 2.75) is 104 Å². The lowest BCUT2D eigenvalue weighted by molar-refractivity contribution is -0.283. The Kier molecular flexibility index (Phi) is 7.01. The highest BCUT2D eigenvalue weighted by atomic mass is 16.6. The molecule has 1 aliphatic heterocycles. The van der Waals surface area contributed by atoms with E-state index >= 15 is 0 Å². The Bertz CT molecular complexity index is 1000. The third kappa shape index (κ3) is 4.23. The summed E-state index contributed by atoms with van der Waals surface area (Å²) in [4.78, 5) is 38.5. The Morgan fingerprint density at radius 2 is 1.72 bits per heavy atom. The number of benzene rings is 1. The van der Waals surface area contributed by atoms with E-state index in [0.29, 0.717) is 24.8 Å². The average molecular weight is 501 g/mol. The fourth-order valence-electron chi connectivity index (χ4n) is 6.85. The molecule has 2 bridgehead atoms. The second kappa shape index (κ2) is 9.47. The standard InChI is InChI=1S/C29H40O7/c1-8-17(2)25(31)34-22-14-18(3)29-16-21(27(5,6)36-29)15-23(28(29,7)24(22)33-19(4)30)35-26(32)20-12-10-9-11-13-20/h9-13,17-18,21-24H,8,14-16H2,1-7H3/t17?,18-,21-,22+,23+,24+,28-,29+/m1/s1. The molecule has 0 N–H and O–H groups in total. The van der Waals surface area contributed by atoms with Gasteiger partial charge in [0.1, 0.15) is 12.2 Å². The highest BCUT2D eigenvalue weighted by molar-refractivity contribution is 5.89. The van der Waals surface area contributed by atoms with Gasteiger partial charge in [0.25, 0.3) is 0 Å². The molecule has 8 atom stereocenters. The van der Waals surface area contributed by atoms with Crippen LogP contribution in [0.1, 0.15) is 84.5 Å². The van der Waals surface area contributed by atoms with Gasteiger partial charge in [-0.15, -0.1) is 0 Å². The summed E-state index contributed by atoms with van der Waals surface area (Å²) >= 11 is 0. The minimum Gasteiger partial charge on any atom is -0.458 e. The first-order valence-corrected chi connectivity index (χ1v) is 13.2. The van der Waals surface area contributed by atoms with Crippen molar-refractivity contribution in [1.82, 2.24) is 0 Å². The van der Waals surface area contributed by atoms with Crippen molar-refractivity contribution in [2.75, 3.05) is 0 Å². The van der Waals surface area contributed by atoms with E-state index in [9.17, 15) is 14.4 Å². The van der Waals surface area contributed by atoms with Crippen LogP contribution >= 0.6 is 0 Å². The minimum absolute atomic E-state index is 0.0217. The van der Waals surface area contributed by atoms with Gasteiger partial charge in [-0.1, -0.05) is 39.0 Å².